The van der Waals surface area contributed by atoms with E-state index in [9.17, 15) is 0 Å². The zero-order valence-corrected chi connectivity index (χ0v) is 12.5. The highest BCUT2D eigenvalue weighted by molar-refractivity contribution is 6.33. The number of hydrogen-bond acceptors (Lipinski definition) is 5. The second-order valence-electron chi connectivity index (χ2n) is 5.07. The SMILES string of the molecule is CC(C)c1ncnc2ccc(-c3nc(N)ncc3Cl)cc12. The van der Waals surface area contributed by atoms with Crippen molar-refractivity contribution in [2.45, 2.75) is 19.8 Å². The number of aromatic nitrogens is 4. The molecule has 0 spiro atoms. The average Bonchev–Trinajstić information content (AvgIpc) is 2.48. The first-order valence-corrected chi connectivity index (χ1v) is 6.97. The molecular weight excluding hydrogens is 286 g/mol. The molecule has 3 aromatic rings. The highest BCUT2D eigenvalue weighted by atomic mass is 35.5. The van der Waals surface area contributed by atoms with E-state index in [1.54, 1.807) is 6.33 Å². The van der Waals surface area contributed by atoms with Crippen LogP contribution in [0, 0.1) is 0 Å². The molecule has 0 fully saturated rings. The predicted octanol–water partition coefficient (Wildman–Crippen LogP) is 3.45. The highest BCUT2D eigenvalue weighted by Crippen LogP contribution is 2.30. The van der Waals surface area contributed by atoms with E-state index >= 15 is 0 Å². The van der Waals surface area contributed by atoms with Gasteiger partial charge in [0.2, 0.25) is 5.95 Å². The van der Waals surface area contributed by atoms with Crippen LogP contribution in [0.1, 0.15) is 25.5 Å². The standard InChI is InChI=1S/C15H14ClN5/c1-8(2)13-10-5-9(3-4-12(10)19-7-20-13)14-11(16)6-18-15(17)21-14/h3-8H,1-2H3,(H2,17,18,21). The van der Waals surface area contributed by atoms with E-state index < -0.39 is 0 Å². The lowest BCUT2D eigenvalue weighted by Crippen LogP contribution is -1.98. The number of fused-ring (bicyclic) bond motifs is 1. The van der Waals surface area contributed by atoms with Gasteiger partial charge in [-0.25, -0.2) is 19.9 Å². The summed E-state index contributed by atoms with van der Waals surface area (Å²) in [6.45, 7) is 4.20. The maximum Gasteiger partial charge on any atom is 0.220 e. The van der Waals surface area contributed by atoms with Crippen LogP contribution < -0.4 is 5.73 Å². The zero-order valence-electron chi connectivity index (χ0n) is 11.7. The Balaban J connectivity index is 2.25. The summed E-state index contributed by atoms with van der Waals surface area (Å²) in [6.07, 6.45) is 3.10. The van der Waals surface area contributed by atoms with Crippen molar-refractivity contribution in [2.24, 2.45) is 0 Å². The summed E-state index contributed by atoms with van der Waals surface area (Å²) in [6, 6.07) is 5.86. The van der Waals surface area contributed by atoms with Crippen molar-refractivity contribution in [1.29, 1.82) is 0 Å². The number of halogens is 1. The molecule has 2 aromatic heterocycles. The molecule has 0 atom stereocenters. The first-order valence-electron chi connectivity index (χ1n) is 6.59. The number of nitrogens with zero attached hydrogens (tertiary/aromatic N) is 4. The van der Waals surface area contributed by atoms with Gasteiger partial charge in [-0.3, -0.25) is 0 Å². The van der Waals surface area contributed by atoms with Crippen LogP contribution in [0.3, 0.4) is 0 Å². The first-order chi connectivity index (χ1) is 10.1. The predicted molar refractivity (Wildman–Crippen MR) is 84.1 cm³/mol. The quantitative estimate of drug-likeness (QED) is 0.784. The van der Waals surface area contributed by atoms with Gasteiger partial charge in [0.25, 0.3) is 0 Å². The monoisotopic (exact) mass is 299 g/mol. The van der Waals surface area contributed by atoms with Crippen molar-refractivity contribution in [2.75, 3.05) is 5.73 Å². The van der Waals surface area contributed by atoms with Crippen LogP contribution in [-0.2, 0) is 0 Å². The molecule has 0 aliphatic carbocycles. The lowest BCUT2D eigenvalue weighted by Gasteiger charge is -2.10. The maximum atomic E-state index is 6.17. The van der Waals surface area contributed by atoms with Gasteiger partial charge >= 0.3 is 0 Å². The molecule has 2 N–H and O–H groups in total. The lowest BCUT2D eigenvalue weighted by atomic mass is 10.0. The fraction of sp³-hybridized carbons (Fsp3) is 0.200. The van der Waals surface area contributed by atoms with Gasteiger partial charge in [-0.05, 0) is 18.1 Å². The van der Waals surface area contributed by atoms with Crippen LogP contribution in [-0.4, -0.2) is 19.9 Å². The maximum absolute atomic E-state index is 6.17. The number of nitrogens with two attached hydrogens (primary N) is 1. The van der Waals surface area contributed by atoms with Crippen LogP contribution in [0.5, 0.6) is 0 Å². The molecule has 6 heteroatoms. The van der Waals surface area contributed by atoms with Gasteiger partial charge in [-0.1, -0.05) is 31.5 Å². The third-order valence-corrected chi connectivity index (χ3v) is 3.53. The third-order valence-electron chi connectivity index (χ3n) is 3.25. The Kier molecular flexibility index (Phi) is 3.43. The minimum absolute atomic E-state index is 0.197. The number of nitrogen functional groups attached to an aromatic ring is 1. The Labute approximate surface area is 127 Å². The van der Waals surface area contributed by atoms with Crippen LogP contribution in [0.2, 0.25) is 5.02 Å². The molecule has 5 nitrogen and oxygen atoms in total. The average molecular weight is 300 g/mol. The smallest absolute Gasteiger partial charge is 0.220 e. The molecule has 106 valence electrons. The van der Waals surface area contributed by atoms with Crippen molar-refractivity contribution < 1.29 is 0 Å². The summed E-state index contributed by atoms with van der Waals surface area (Å²) in [7, 11) is 0. The Hall–Kier alpha value is -2.27. The summed E-state index contributed by atoms with van der Waals surface area (Å²) in [5.74, 6) is 0.500. The normalized spacial score (nSPS) is 11.2. The van der Waals surface area contributed by atoms with Gasteiger partial charge in [0.1, 0.15) is 6.33 Å². The van der Waals surface area contributed by atoms with Crippen molar-refractivity contribution >= 4 is 28.5 Å². The topological polar surface area (TPSA) is 77.6 Å². The largest absolute Gasteiger partial charge is 0.368 e. The molecule has 0 aliphatic heterocycles. The summed E-state index contributed by atoms with van der Waals surface area (Å²) >= 11 is 6.17. The molecule has 0 unspecified atom stereocenters. The van der Waals surface area contributed by atoms with E-state index in [0.29, 0.717) is 16.6 Å². The Morgan fingerprint density at radius 3 is 2.71 bits per heavy atom. The molecular formula is C15H14ClN5. The molecule has 0 saturated heterocycles. The van der Waals surface area contributed by atoms with Gasteiger partial charge in [0.15, 0.2) is 0 Å². The third kappa shape index (κ3) is 2.52. The van der Waals surface area contributed by atoms with Crippen LogP contribution in [0.25, 0.3) is 22.2 Å². The lowest BCUT2D eigenvalue weighted by molar-refractivity contribution is 0.828. The fourth-order valence-electron chi connectivity index (χ4n) is 2.27. The van der Waals surface area contributed by atoms with Gasteiger partial charge in [-0.2, -0.15) is 0 Å². The number of rotatable bonds is 2. The molecule has 1 aromatic carbocycles. The zero-order chi connectivity index (χ0) is 15.0. The van der Waals surface area contributed by atoms with Crippen molar-refractivity contribution in [3.63, 3.8) is 0 Å². The molecule has 21 heavy (non-hydrogen) atoms. The second kappa shape index (κ2) is 5.26. The first kappa shape index (κ1) is 13.7. The summed E-state index contributed by atoms with van der Waals surface area (Å²) < 4.78 is 0. The van der Waals surface area contributed by atoms with E-state index in [1.807, 2.05) is 18.2 Å². The minimum atomic E-state index is 0.197. The van der Waals surface area contributed by atoms with Gasteiger partial charge in [-0.15, -0.1) is 0 Å². The Bertz CT molecular complexity index is 816. The van der Waals surface area contributed by atoms with E-state index in [2.05, 4.69) is 33.8 Å². The molecule has 0 radical (unpaired) electrons. The molecule has 2 heterocycles. The second-order valence-corrected chi connectivity index (χ2v) is 5.48. The molecule has 0 aliphatic rings. The van der Waals surface area contributed by atoms with Crippen molar-refractivity contribution in [1.82, 2.24) is 19.9 Å². The summed E-state index contributed by atoms with van der Waals surface area (Å²) in [4.78, 5) is 16.8. The molecule has 3 rings (SSSR count). The number of anilines is 1. The number of benzene rings is 1. The Morgan fingerprint density at radius 1 is 1.14 bits per heavy atom. The molecule has 0 saturated carbocycles. The minimum Gasteiger partial charge on any atom is -0.368 e. The Morgan fingerprint density at radius 2 is 1.95 bits per heavy atom. The highest BCUT2D eigenvalue weighted by Gasteiger charge is 2.12. The number of hydrogen-bond donors (Lipinski definition) is 1. The van der Waals surface area contributed by atoms with E-state index in [-0.39, 0.29) is 5.95 Å². The van der Waals surface area contributed by atoms with Gasteiger partial charge in [0, 0.05) is 10.9 Å². The van der Waals surface area contributed by atoms with Crippen LogP contribution >= 0.6 is 11.6 Å². The van der Waals surface area contributed by atoms with Gasteiger partial charge in [0.05, 0.1) is 28.1 Å². The van der Waals surface area contributed by atoms with E-state index in [0.717, 1.165) is 22.2 Å². The fourth-order valence-corrected chi connectivity index (χ4v) is 2.47. The van der Waals surface area contributed by atoms with Crippen LogP contribution in [0.4, 0.5) is 5.95 Å². The van der Waals surface area contributed by atoms with Crippen molar-refractivity contribution in [3.8, 4) is 11.3 Å². The molecule has 0 amide bonds. The van der Waals surface area contributed by atoms with E-state index in [4.69, 9.17) is 17.3 Å². The van der Waals surface area contributed by atoms with Gasteiger partial charge < -0.3 is 5.73 Å². The summed E-state index contributed by atoms with van der Waals surface area (Å²) in [5, 5.41) is 1.46. The van der Waals surface area contributed by atoms with E-state index in [1.165, 1.54) is 6.20 Å². The summed E-state index contributed by atoms with van der Waals surface area (Å²) in [5.41, 5.74) is 9.04. The van der Waals surface area contributed by atoms with Crippen LogP contribution in [0.15, 0.2) is 30.7 Å². The molecule has 0 bridgehead atoms. The van der Waals surface area contributed by atoms with Crippen molar-refractivity contribution in [3.05, 3.63) is 41.4 Å².